The molecule has 2 aromatic carbocycles. The van der Waals surface area contributed by atoms with Crippen molar-refractivity contribution in [2.24, 2.45) is 5.29 Å². The van der Waals surface area contributed by atoms with Gasteiger partial charge in [-0.25, -0.2) is 10.4 Å². The summed E-state index contributed by atoms with van der Waals surface area (Å²) in [6.45, 7) is 0.749. The molecule has 104 valence electrons. The van der Waals surface area contributed by atoms with E-state index in [1.54, 1.807) is 7.05 Å². The number of hydrazine groups is 1. The van der Waals surface area contributed by atoms with Gasteiger partial charge in [0.05, 0.1) is 11.0 Å². The Balaban J connectivity index is 1.87. The molecule has 0 spiro atoms. The van der Waals surface area contributed by atoms with Crippen molar-refractivity contribution in [3.8, 4) is 0 Å². The smallest absolute Gasteiger partial charge is 0.0655 e. The number of anilines is 2. The number of hydrogen-bond donors (Lipinski definition) is 2. The zero-order chi connectivity index (χ0) is 14.2. The summed E-state index contributed by atoms with van der Waals surface area (Å²) in [5, 5.41) is 4.29. The topological polar surface area (TPSA) is 56.7 Å². The van der Waals surface area contributed by atoms with Crippen LogP contribution in [0.3, 0.4) is 0 Å². The van der Waals surface area contributed by atoms with Crippen LogP contribution in [0.2, 0.25) is 0 Å². The van der Waals surface area contributed by atoms with E-state index in [4.69, 9.17) is 0 Å². The van der Waals surface area contributed by atoms with Crippen LogP contribution in [-0.2, 0) is 6.42 Å². The Morgan fingerprint density at radius 1 is 1.05 bits per heavy atom. The minimum atomic E-state index is 0.749. The van der Waals surface area contributed by atoms with Gasteiger partial charge in [-0.1, -0.05) is 36.4 Å². The van der Waals surface area contributed by atoms with E-state index in [9.17, 15) is 4.91 Å². The fourth-order valence-electron chi connectivity index (χ4n) is 1.97. The molecule has 0 saturated heterocycles. The fourth-order valence-corrected chi connectivity index (χ4v) is 1.97. The SMILES string of the molecule is CN(N=O)c1ccccc1CCNNc1ccccc1. The predicted octanol–water partition coefficient (Wildman–Crippen LogP) is 2.96. The fraction of sp³-hybridized carbons (Fsp3) is 0.200. The first kappa shape index (κ1) is 14.0. The maximum atomic E-state index is 10.6. The van der Waals surface area contributed by atoms with Crippen molar-refractivity contribution in [2.45, 2.75) is 6.42 Å². The summed E-state index contributed by atoms with van der Waals surface area (Å²) in [7, 11) is 1.65. The Kier molecular flexibility index (Phi) is 5.08. The highest BCUT2D eigenvalue weighted by molar-refractivity contribution is 5.52. The van der Waals surface area contributed by atoms with E-state index in [-0.39, 0.29) is 0 Å². The number of rotatable bonds is 7. The maximum Gasteiger partial charge on any atom is 0.0655 e. The Bertz CT molecular complexity index is 545. The maximum absolute atomic E-state index is 10.6. The van der Waals surface area contributed by atoms with Crippen molar-refractivity contribution in [1.29, 1.82) is 0 Å². The summed E-state index contributed by atoms with van der Waals surface area (Å²) >= 11 is 0. The quantitative estimate of drug-likeness (QED) is 0.461. The Labute approximate surface area is 118 Å². The van der Waals surface area contributed by atoms with Gasteiger partial charge in [0.15, 0.2) is 0 Å². The lowest BCUT2D eigenvalue weighted by atomic mass is 10.1. The molecule has 2 rings (SSSR count). The average molecular weight is 270 g/mol. The van der Waals surface area contributed by atoms with E-state index in [0.717, 1.165) is 29.9 Å². The Hall–Kier alpha value is -2.40. The molecule has 0 aliphatic heterocycles. The molecular weight excluding hydrogens is 252 g/mol. The van der Waals surface area contributed by atoms with Crippen molar-refractivity contribution in [3.05, 3.63) is 65.1 Å². The van der Waals surface area contributed by atoms with Gasteiger partial charge < -0.3 is 5.43 Å². The van der Waals surface area contributed by atoms with Crippen molar-refractivity contribution in [2.75, 3.05) is 24.0 Å². The lowest BCUT2D eigenvalue weighted by molar-refractivity contribution is 0.776. The van der Waals surface area contributed by atoms with E-state index in [1.807, 2.05) is 54.6 Å². The normalized spacial score (nSPS) is 10.1. The first-order valence-electron chi connectivity index (χ1n) is 6.50. The third-order valence-electron chi connectivity index (χ3n) is 2.99. The molecular formula is C15H18N4O. The number of para-hydroxylation sites is 2. The third kappa shape index (κ3) is 3.80. The largest absolute Gasteiger partial charge is 0.321 e. The van der Waals surface area contributed by atoms with Crippen LogP contribution < -0.4 is 15.9 Å². The van der Waals surface area contributed by atoms with Gasteiger partial charge in [0.1, 0.15) is 0 Å². The van der Waals surface area contributed by atoms with Crippen LogP contribution >= 0.6 is 0 Å². The first-order valence-corrected chi connectivity index (χ1v) is 6.50. The van der Waals surface area contributed by atoms with Crippen LogP contribution in [0, 0.1) is 4.91 Å². The van der Waals surface area contributed by atoms with Crippen LogP contribution in [0.5, 0.6) is 0 Å². The Morgan fingerprint density at radius 3 is 2.50 bits per heavy atom. The molecule has 0 aliphatic carbocycles. The average Bonchev–Trinajstić information content (AvgIpc) is 2.52. The zero-order valence-corrected chi connectivity index (χ0v) is 11.4. The highest BCUT2D eigenvalue weighted by Gasteiger charge is 2.06. The molecule has 2 aromatic rings. The second-order valence-corrected chi connectivity index (χ2v) is 4.40. The van der Waals surface area contributed by atoms with E-state index in [1.165, 1.54) is 5.01 Å². The molecule has 0 heterocycles. The van der Waals surface area contributed by atoms with E-state index >= 15 is 0 Å². The summed E-state index contributed by atoms with van der Waals surface area (Å²) in [4.78, 5) is 10.6. The van der Waals surface area contributed by atoms with Gasteiger partial charge in [0, 0.05) is 19.3 Å². The predicted molar refractivity (Wildman–Crippen MR) is 82.4 cm³/mol. The van der Waals surface area contributed by atoms with Gasteiger partial charge in [0.25, 0.3) is 0 Å². The zero-order valence-electron chi connectivity index (χ0n) is 11.4. The minimum absolute atomic E-state index is 0.749. The van der Waals surface area contributed by atoms with E-state index in [2.05, 4.69) is 16.1 Å². The molecule has 0 fully saturated rings. The highest BCUT2D eigenvalue weighted by Crippen LogP contribution is 2.19. The van der Waals surface area contributed by atoms with Gasteiger partial charge in [0.2, 0.25) is 0 Å². The van der Waals surface area contributed by atoms with Gasteiger partial charge in [-0.05, 0) is 30.2 Å². The molecule has 0 aromatic heterocycles. The monoisotopic (exact) mass is 270 g/mol. The van der Waals surface area contributed by atoms with Crippen molar-refractivity contribution >= 4 is 11.4 Å². The molecule has 2 N–H and O–H groups in total. The number of nitrogens with zero attached hydrogens (tertiary/aromatic N) is 2. The lowest BCUT2D eigenvalue weighted by Crippen LogP contribution is -2.24. The molecule has 5 heteroatoms. The second-order valence-electron chi connectivity index (χ2n) is 4.40. The molecule has 20 heavy (non-hydrogen) atoms. The highest BCUT2D eigenvalue weighted by atomic mass is 16.3. The number of benzene rings is 2. The minimum Gasteiger partial charge on any atom is -0.321 e. The van der Waals surface area contributed by atoms with Crippen LogP contribution in [0.15, 0.2) is 59.9 Å². The van der Waals surface area contributed by atoms with Gasteiger partial charge in [-0.15, -0.1) is 4.91 Å². The summed E-state index contributed by atoms with van der Waals surface area (Å²) in [5.74, 6) is 0. The van der Waals surface area contributed by atoms with Crippen LogP contribution in [0.1, 0.15) is 5.56 Å². The molecule has 0 amide bonds. The Morgan fingerprint density at radius 2 is 1.75 bits per heavy atom. The third-order valence-corrected chi connectivity index (χ3v) is 2.99. The molecule has 0 bridgehead atoms. The molecule has 0 aliphatic rings. The lowest BCUT2D eigenvalue weighted by Gasteiger charge is -2.14. The summed E-state index contributed by atoms with van der Waals surface area (Å²) in [5.41, 5.74) is 9.22. The van der Waals surface area contributed by atoms with Gasteiger partial charge in [-0.2, -0.15) is 0 Å². The number of nitroso groups, excluding NO2 is 1. The van der Waals surface area contributed by atoms with Crippen LogP contribution in [-0.4, -0.2) is 13.6 Å². The number of hydrogen-bond acceptors (Lipinski definition) is 4. The van der Waals surface area contributed by atoms with E-state index < -0.39 is 0 Å². The molecule has 0 unspecified atom stereocenters. The van der Waals surface area contributed by atoms with Crippen molar-refractivity contribution in [3.63, 3.8) is 0 Å². The second kappa shape index (κ2) is 7.25. The van der Waals surface area contributed by atoms with Gasteiger partial charge in [-0.3, -0.25) is 0 Å². The van der Waals surface area contributed by atoms with Gasteiger partial charge >= 0.3 is 0 Å². The summed E-state index contributed by atoms with van der Waals surface area (Å²) in [6.07, 6.45) is 0.801. The first-order chi connectivity index (χ1) is 9.81. The molecule has 0 radical (unpaired) electrons. The molecule has 0 saturated carbocycles. The standard InChI is InChI=1S/C15H18N4O/c1-19(18-20)15-10-6-5-7-13(15)11-12-16-17-14-8-3-2-4-9-14/h2-10,16-17H,11-12H2,1H3. The summed E-state index contributed by atoms with van der Waals surface area (Å²) < 4.78 is 0. The van der Waals surface area contributed by atoms with Crippen LogP contribution in [0.4, 0.5) is 11.4 Å². The molecule has 5 nitrogen and oxygen atoms in total. The van der Waals surface area contributed by atoms with Crippen molar-refractivity contribution < 1.29 is 0 Å². The van der Waals surface area contributed by atoms with Crippen molar-refractivity contribution in [1.82, 2.24) is 5.43 Å². The summed E-state index contributed by atoms with van der Waals surface area (Å²) in [6, 6.07) is 17.7. The van der Waals surface area contributed by atoms with E-state index in [0.29, 0.717) is 0 Å². The molecule has 0 atom stereocenters. The van der Waals surface area contributed by atoms with Crippen LogP contribution in [0.25, 0.3) is 0 Å². The number of nitrogens with one attached hydrogen (secondary N) is 2.